The second-order valence-electron chi connectivity index (χ2n) is 5.05. The highest BCUT2D eigenvalue weighted by atomic mass is 35.5. The van der Waals surface area contributed by atoms with E-state index in [-0.39, 0.29) is 29.4 Å². The normalized spacial score (nSPS) is 11.7. The van der Waals surface area contributed by atoms with Gasteiger partial charge in [0.2, 0.25) is 11.2 Å². The van der Waals surface area contributed by atoms with Crippen LogP contribution in [0.1, 0.15) is 27.7 Å². The van der Waals surface area contributed by atoms with E-state index in [0.717, 1.165) is 0 Å². The third kappa shape index (κ3) is 5.01. The Morgan fingerprint density at radius 2 is 2.00 bits per heavy atom. The van der Waals surface area contributed by atoms with Crippen LogP contribution in [0.15, 0.2) is 0 Å². The maximum absolute atomic E-state index is 9.16. The third-order valence-electron chi connectivity index (χ3n) is 2.08. The van der Waals surface area contributed by atoms with Crippen LogP contribution >= 0.6 is 11.6 Å². The van der Waals surface area contributed by atoms with Crippen LogP contribution in [0.5, 0.6) is 6.01 Å². The molecule has 0 saturated heterocycles. The molecule has 0 aliphatic carbocycles. The summed E-state index contributed by atoms with van der Waals surface area (Å²) in [6.45, 7) is 8.18. The van der Waals surface area contributed by atoms with Crippen LogP contribution < -0.4 is 10.1 Å². The summed E-state index contributed by atoms with van der Waals surface area (Å²) in [5.74, 6) is 0.340. The van der Waals surface area contributed by atoms with Gasteiger partial charge >= 0.3 is 6.01 Å². The molecule has 0 aliphatic rings. The Balaban J connectivity index is 2.74. The van der Waals surface area contributed by atoms with Gasteiger partial charge in [-0.05, 0) is 25.4 Å². The summed E-state index contributed by atoms with van der Waals surface area (Å²) < 4.78 is 5.36. The second kappa shape index (κ2) is 6.15. The summed E-state index contributed by atoms with van der Waals surface area (Å²) in [6, 6.07) is 0.189. The Labute approximate surface area is 112 Å². The predicted octanol–water partition coefficient (Wildman–Crippen LogP) is 1.74. The van der Waals surface area contributed by atoms with Gasteiger partial charge in [0.05, 0.1) is 6.10 Å². The number of aromatic nitrogens is 3. The molecule has 0 amide bonds. The first-order chi connectivity index (χ1) is 8.32. The summed E-state index contributed by atoms with van der Waals surface area (Å²) in [5, 5.41) is 12.2. The first-order valence-corrected chi connectivity index (χ1v) is 6.13. The molecular formula is C11H19ClN4O2. The summed E-state index contributed by atoms with van der Waals surface area (Å²) in [5.41, 5.74) is -0.266. The highest BCUT2D eigenvalue weighted by Crippen LogP contribution is 2.16. The molecule has 2 N–H and O–H groups in total. The van der Waals surface area contributed by atoms with Gasteiger partial charge in [-0.15, -0.1) is 0 Å². The van der Waals surface area contributed by atoms with Crippen molar-refractivity contribution >= 4 is 17.5 Å². The quantitative estimate of drug-likeness (QED) is 0.823. The fraction of sp³-hybridized carbons (Fsp3) is 0.727. The van der Waals surface area contributed by atoms with Gasteiger partial charge in [-0.3, -0.25) is 0 Å². The average molecular weight is 275 g/mol. The summed E-state index contributed by atoms with van der Waals surface area (Å²) >= 11 is 5.79. The SMILES string of the molecule is CC(C)Oc1nc(Cl)nc(NCC(C)(C)CO)n1. The minimum atomic E-state index is -0.266. The molecule has 0 saturated carbocycles. The molecule has 102 valence electrons. The van der Waals surface area contributed by atoms with Crippen molar-refractivity contribution in [2.45, 2.75) is 33.8 Å². The van der Waals surface area contributed by atoms with E-state index in [4.69, 9.17) is 21.4 Å². The molecule has 1 rings (SSSR count). The molecule has 7 heteroatoms. The number of rotatable bonds is 6. The van der Waals surface area contributed by atoms with E-state index in [1.54, 1.807) is 0 Å². The van der Waals surface area contributed by atoms with Crippen molar-refractivity contribution in [3.63, 3.8) is 0 Å². The fourth-order valence-corrected chi connectivity index (χ4v) is 1.20. The zero-order valence-electron chi connectivity index (χ0n) is 11.1. The Hall–Kier alpha value is -1.14. The third-order valence-corrected chi connectivity index (χ3v) is 2.25. The van der Waals surface area contributed by atoms with Gasteiger partial charge in [-0.25, -0.2) is 0 Å². The lowest BCUT2D eigenvalue weighted by Crippen LogP contribution is -2.27. The van der Waals surface area contributed by atoms with Crippen molar-refractivity contribution in [3.8, 4) is 6.01 Å². The van der Waals surface area contributed by atoms with Gasteiger partial charge < -0.3 is 15.2 Å². The minimum absolute atomic E-state index is 0.0369. The van der Waals surface area contributed by atoms with E-state index in [2.05, 4.69) is 20.3 Å². The Morgan fingerprint density at radius 3 is 2.56 bits per heavy atom. The zero-order valence-corrected chi connectivity index (χ0v) is 11.8. The Bertz CT molecular complexity index is 399. The van der Waals surface area contributed by atoms with Crippen LogP contribution in [0.4, 0.5) is 5.95 Å². The number of aliphatic hydroxyl groups excluding tert-OH is 1. The lowest BCUT2D eigenvalue weighted by atomic mass is 9.95. The molecule has 0 spiro atoms. The molecule has 1 aromatic heterocycles. The van der Waals surface area contributed by atoms with E-state index in [9.17, 15) is 0 Å². The van der Waals surface area contributed by atoms with E-state index < -0.39 is 0 Å². The maximum atomic E-state index is 9.16. The van der Waals surface area contributed by atoms with Crippen molar-refractivity contribution in [2.75, 3.05) is 18.5 Å². The van der Waals surface area contributed by atoms with Crippen LogP contribution in [0.25, 0.3) is 0 Å². The number of halogens is 1. The zero-order chi connectivity index (χ0) is 13.8. The molecule has 18 heavy (non-hydrogen) atoms. The van der Waals surface area contributed by atoms with Gasteiger partial charge in [0.15, 0.2) is 0 Å². The fourth-order valence-electron chi connectivity index (χ4n) is 1.05. The molecule has 0 aliphatic heterocycles. The first-order valence-electron chi connectivity index (χ1n) is 5.75. The van der Waals surface area contributed by atoms with Crippen LogP contribution in [-0.2, 0) is 0 Å². The molecule has 0 atom stereocenters. The monoisotopic (exact) mass is 274 g/mol. The number of aliphatic hydroxyl groups is 1. The number of hydrogen-bond acceptors (Lipinski definition) is 6. The van der Waals surface area contributed by atoms with Crippen molar-refractivity contribution in [3.05, 3.63) is 5.28 Å². The number of hydrogen-bond donors (Lipinski definition) is 2. The van der Waals surface area contributed by atoms with Crippen molar-refractivity contribution in [1.29, 1.82) is 0 Å². The van der Waals surface area contributed by atoms with E-state index in [1.165, 1.54) is 0 Å². The second-order valence-corrected chi connectivity index (χ2v) is 5.39. The van der Waals surface area contributed by atoms with E-state index in [0.29, 0.717) is 12.5 Å². The highest BCUT2D eigenvalue weighted by molar-refractivity contribution is 6.28. The summed E-state index contributed by atoms with van der Waals surface area (Å²) in [4.78, 5) is 11.9. The lowest BCUT2D eigenvalue weighted by Gasteiger charge is -2.21. The molecule has 0 radical (unpaired) electrons. The highest BCUT2D eigenvalue weighted by Gasteiger charge is 2.17. The molecular weight excluding hydrogens is 256 g/mol. The summed E-state index contributed by atoms with van der Waals surface area (Å²) in [6.07, 6.45) is -0.0369. The molecule has 0 aromatic carbocycles. The summed E-state index contributed by atoms with van der Waals surface area (Å²) in [7, 11) is 0. The van der Waals surface area contributed by atoms with Crippen LogP contribution in [0.2, 0.25) is 5.28 Å². The van der Waals surface area contributed by atoms with Crippen molar-refractivity contribution in [2.24, 2.45) is 5.41 Å². The number of nitrogens with one attached hydrogen (secondary N) is 1. The number of nitrogens with zero attached hydrogens (tertiary/aromatic N) is 3. The lowest BCUT2D eigenvalue weighted by molar-refractivity contribution is 0.170. The number of ether oxygens (including phenoxy) is 1. The van der Waals surface area contributed by atoms with Gasteiger partial charge in [0.25, 0.3) is 0 Å². The minimum Gasteiger partial charge on any atom is -0.461 e. The molecule has 0 bridgehead atoms. The van der Waals surface area contributed by atoms with Gasteiger partial charge in [0, 0.05) is 18.6 Å². The van der Waals surface area contributed by atoms with Gasteiger partial charge in [-0.2, -0.15) is 15.0 Å². The predicted molar refractivity (Wildman–Crippen MR) is 70.0 cm³/mol. The topological polar surface area (TPSA) is 80.2 Å². The van der Waals surface area contributed by atoms with Gasteiger partial charge in [-0.1, -0.05) is 13.8 Å². The number of anilines is 1. The standard InChI is InChI=1S/C11H19ClN4O2/c1-7(2)18-10-15-8(12)14-9(16-10)13-5-11(3,4)6-17/h7,17H,5-6H2,1-4H3,(H,13,14,15,16). The van der Waals surface area contributed by atoms with Crippen molar-refractivity contribution in [1.82, 2.24) is 15.0 Å². The van der Waals surface area contributed by atoms with Gasteiger partial charge in [0.1, 0.15) is 0 Å². The molecule has 1 heterocycles. The largest absolute Gasteiger partial charge is 0.461 e. The maximum Gasteiger partial charge on any atom is 0.322 e. The first kappa shape index (κ1) is 14.9. The van der Waals surface area contributed by atoms with E-state index >= 15 is 0 Å². The van der Waals surface area contributed by atoms with E-state index in [1.807, 2.05) is 27.7 Å². The molecule has 6 nitrogen and oxygen atoms in total. The average Bonchev–Trinajstić information content (AvgIpc) is 2.25. The van der Waals surface area contributed by atoms with Crippen LogP contribution in [0, 0.1) is 5.41 Å². The molecule has 0 unspecified atom stereocenters. The Morgan fingerprint density at radius 1 is 1.33 bits per heavy atom. The molecule has 1 aromatic rings. The smallest absolute Gasteiger partial charge is 0.322 e. The molecule has 0 fully saturated rings. The Kier molecular flexibility index (Phi) is 5.10. The van der Waals surface area contributed by atoms with Crippen LogP contribution in [0.3, 0.4) is 0 Å². The van der Waals surface area contributed by atoms with Crippen molar-refractivity contribution < 1.29 is 9.84 Å². The van der Waals surface area contributed by atoms with Crippen LogP contribution in [-0.4, -0.2) is 39.3 Å².